The second-order valence-corrected chi connectivity index (χ2v) is 7.33. The number of guanidine groups is 1. The van der Waals surface area contributed by atoms with Crippen LogP contribution in [-0.4, -0.2) is 44.1 Å². The molecule has 0 amide bonds. The summed E-state index contributed by atoms with van der Waals surface area (Å²) in [5, 5.41) is 8.98. The van der Waals surface area contributed by atoms with Gasteiger partial charge < -0.3 is 15.4 Å². The SMILES string of the molecule is CCNC(=NCc1ccccc1OC)NCCN1CCc2sccc2C1.I. The summed E-state index contributed by atoms with van der Waals surface area (Å²) >= 11 is 1.89. The minimum atomic E-state index is 0. The maximum Gasteiger partial charge on any atom is 0.191 e. The van der Waals surface area contributed by atoms with Crippen molar-refractivity contribution in [2.45, 2.75) is 26.4 Å². The van der Waals surface area contributed by atoms with Crippen molar-refractivity contribution in [3.05, 3.63) is 51.7 Å². The number of halogens is 1. The Bertz CT molecular complexity index is 734. The molecule has 27 heavy (non-hydrogen) atoms. The summed E-state index contributed by atoms with van der Waals surface area (Å²) < 4.78 is 5.40. The van der Waals surface area contributed by atoms with Crippen LogP contribution in [0.25, 0.3) is 0 Å². The van der Waals surface area contributed by atoms with Gasteiger partial charge in [0.15, 0.2) is 5.96 Å². The van der Waals surface area contributed by atoms with E-state index in [1.54, 1.807) is 12.0 Å². The van der Waals surface area contributed by atoms with Crippen molar-refractivity contribution >= 4 is 41.3 Å². The molecule has 1 aromatic carbocycles. The lowest BCUT2D eigenvalue weighted by Crippen LogP contribution is -2.42. The van der Waals surface area contributed by atoms with Gasteiger partial charge in [-0.2, -0.15) is 0 Å². The number of nitrogens with one attached hydrogen (secondary N) is 2. The van der Waals surface area contributed by atoms with Crippen LogP contribution in [-0.2, 0) is 19.5 Å². The largest absolute Gasteiger partial charge is 0.496 e. The van der Waals surface area contributed by atoms with Gasteiger partial charge in [0.1, 0.15) is 5.75 Å². The van der Waals surface area contributed by atoms with Crippen LogP contribution < -0.4 is 15.4 Å². The van der Waals surface area contributed by atoms with E-state index in [2.05, 4.69) is 40.0 Å². The third-order valence-electron chi connectivity index (χ3n) is 4.55. The molecule has 0 atom stereocenters. The van der Waals surface area contributed by atoms with Crippen molar-refractivity contribution in [1.82, 2.24) is 15.5 Å². The molecule has 1 aromatic heterocycles. The topological polar surface area (TPSA) is 48.9 Å². The Kier molecular flexibility index (Phi) is 9.36. The molecule has 0 spiro atoms. The van der Waals surface area contributed by atoms with Gasteiger partial charge in [-0.3, -0.25) is 4.90 Å². The normalized spacial score (nSPS) is 14.2. The number of methoxy groups -OCH3 is 1. The van der Waals surface area contributed by atoms with Crippen LogP contribution in [0, 0.1) is 0 Å². The van der Waals surface area contributed by atoms with Crippen molar-refractivity contribution in [2.75, 3.05) is 33.3 Å². The quantitative estimate of drug-likeness (QED) is 0.347. The lowest BCUT2D eigenvalue weighted by molar-refractivity contribution is 0.260. The van der Waals surface area contributed by atoms with Crippen LogP contribution in [0.2, 0.25) is 0 Å². The predicted octanol–water partition coefficient (Wildman–Crippen LogP) is 3.49. The van der Waals surface area contributed by atoms with Gasteiger partial charge in [0.2, 0.25) is 0 Å². The van der Waals surface area contributed by atoms with Gasteiger partial charge in [0, 0.05) is 43.2 Å². The van der Waals surface area contributed by atoms with Crippen LogP contribution in [0.1, 0.15) is 22.9 Å². The van der Waals surface area contributed by atoms with E-state index in [9.17, 15) is 0 Å². The average molecular weight is 500 g/mol. The lowest BCUT2D eigenvalue weighted by Gasteiger charge is -2.27. The summed E-state index contributed by atoms with van der Waals surface area (Å²) in [5.74, 6) is 1.73. The molecule has 2 aromatic rings. The first kappa shape index (κ1) is 22.0. The monoisotopic (exact) mass is 500 g/mol. The molecule has 0 unspecified atom stereocenters. The number of fused-ring (bicyclic) bond motifs is 1. The number of ether oxygens (including phenoxy) is 1. The number of rotatable bonds is 7. The molecule has 0 radical (unpaired) electrons. The molecular weight excluding hydrogens is 471 g/mol. The zero-order valence-corrected chi connectivity index (χ0v) is 19.2. The molecule has 1 aliphatic rings. The molecule has 2 heterocycles. The molecule has 0 aliphatic carbocycles. The van der Waals surface area contributed by atoms with Crippen LogP contribution in [0.4, 0.5) is 0 Å². The van der Waals surface area contributed by atoms with E-state index in [-0.39, 0.29) is 24.0 Å². The van der Waals surface area contributed by atoms with E-state index in [4.69, 9.17) is 9.73 Å². The van der Waals surface area contributed by atoms with Gasteiger partial charge in [-0.25, -0.2) is 4.99 Å². The van der Waals surface area contributed by atoms with Gasteiger partial charge in [-0.15, -0.1) is 35.3 Å². The molecule has 0 bridgehead atoms. The first-order chi connectivity index (χ1) is 12.8. The van der Waals surface area contributed by atoms with Gasteiger partial charge in [-0.05, 0) is 36.4 Å². The fourth-order valence-corrected chi connectivity index (χ4v) is 4.06. The Morgan fingerprint density at radius 3 is 2.93 bits per heavy atom. The number of hydrogen-bond acceptors (Lipinski definition) is 4. The molecule has 0 saturated heterocycles. The molecule has 0 fully saturated rings. The van der Waals surface area contributed by atoms with Gasteiger partial charge >= 0.3 is 0 Å². The zero-order valence-electron chi connectivity index (χ0n) is 16.0. The third-order valence-corrected chi connectivity index (χ3v) is 5.57. The number of aliphatic imine (C=N–C) groups is 1. The highest BCUT2D eigenvalue weighted by Gasteiger charge is 2.16. The van der Waals surface area contributed by atoms with E-state index in [1.807, 2.05) is 29.5 Å². The minimum Gasteiger partial charge on any atom is -0.496 e. The van der Waals surface area contributed by atoms with Crippen molar-refractivity contribution < 1.29 is 4.74 Å². The van der Waals surface area contributed by atoms with Gasteiger partial charge in [0.05, 0.1) is 13.7 Å². The molecule has 2 N–H and O–H groups in total. The Labute approximate surface area is 183 Å². The third kappa shape index (κ3) is 6.36. The Hall–Kier alpha value is -1.32. The number of hydrogen-bond donors (Lipinski definition) is 2. The van der Waals surface area contributed by atoms with Crippen LogP contribution in [0.15, 0.2) is 40.7 Å². The van der Waals surface area contributed by atoms with E-state index in [1.165, 1.54) is 12.0 Å². The predicted molar refractivity (Wildman–Crippen MR) is 125 cm³/mol. The van der Waals surface area contributed by atoms with Crippen molar-refractivity contribution in [3.63, 3.8) is 0 Å². The standard InChI is InChI=1S/C20H28N4OS.HI/c1-3-21-20(23-14-16-6-4-5-7-18(16)25-2)22-10-12-24-11-8-19-17(15-24)9-13-26-19;/h4-7,9,13H,3,8,10-12,14-15H2,1-2H3,(H2,21,22,23);1H. The first-order valence-corrected chi connectivity index (χ1v) is 10.1. The zero-order chi connectivity index (χ0) is 18.2. The van der Waals surface area contributed by atoms with Crippen molar-refractivity contribution in [1.29, 1.82) is 0 Å². The fraction of sp³-hybridized carbons (Fsp3) is 0.450. The summed E-state index contributed by atoms with van der Waals surface area (Å²) in [6, 6.07) is 10.3. The van der Waals surface area contributed by atoms with E-state index in [0.717, 1.165) is 50.0 Å². The highest BCUT2D eigenvalue weighted by atomic mass is 127. The highest BCUT2D eigenvalue weighted by Crippen LogP contribution is 2.23. The summed E-state index contributed by atoms with van der Waals surface area (Å²) in [6.45, 7) is 7.65. The average Bonchev–Trinajstić information content (AvgIpc) is 3.14. The molecule has 3 rings (SSSR count). The smallest absolute Gasteiger partial charge is 0.191 e. The number of thiophene rings is 1. The van der Waals surface area contributed by atoms with Crippen LogP contribution in [0.5, 0.6) is 5.75 Å². The Morgan fingerprint density at radius 2 is 2.11 bits per heavy atom. The van der Waals surface area contributed by atoms with E-state index >= 15 is 0 Å². The first-order valence-electron chi connectivity index (χ1n) is 9.21. The van der Waals surface area contributed by atoms with Gasteiger partial charge in [-0.1, -0.05) is 18.2 Å². The number of nitrogens with zero attached hydrogens (tertiary/aromatic N) is 2. The summed E-state index contributed by atoms with van der Waals surface area (Å²) in [5.41, 5.74) is 2.59. The summed E-state index contributed by atoms with van der Waals surface area (Å²) in [4.78, 5) is 8.76. The maximum atomic E-state index is 5.40. The van der Waals surface area contributed by atoms with Gasteiger partial charge in [0.25, 0.3) is 0 Å². The number of para-hydroxylation sites is 1. The van der Waals surface area contributed by atoms with E-state index < -0.39 is 0 Å². The summed E-state index contributed by atoms with van der Waals surface area (Å²) in [7, 11) is 1.70. The minimum absolute atomic E-state index is 0. The maximum absolute atomic E-state index is 5.40. The van der Waals surface area contributed by atoms with Crippen LogP contribution in [0.3, 0.4) is 0 Å². The molecule has 0 saturated carbocycles. The fourth-order valence-electron chi connectivity index (χ4n) is 3.17. The second-order valence-electron chi connectivity index (χ2n) is 6.33. The summed E-state index contributed by atoms with van der Waals surface area (Å²) in [6.07, 6.45) is 1.18. The molecule has 148 valence electrons. The second kappa shape index (κ2) is 11.5. The van der Waals surface area contributed by atoms with Crippen molar-refractivity contribution in [2.24, 2.45) is 4.99 Å². The molecule has 7 heteroatoms. The molecule has 1 aliphatic heterocycles. The van der Waals surface area contributed by atoms with Crippen LogP contribution >= 0.6 is 35.3 Å². The van der Waals surface area contributed by atoms with Crippen molar-refractivity contribution in [3.8, 4) is 5.75 Å². The lowest BCUT2D eigenvalue weighted by atomic mass is 10.1. The highest BCUT2D eigenvalue weighted by molar-refractivity contribution is 14.0. The molecular formula is C20H29IN4OS. The Balaban J connectivity index is 0.00000261. The van der Waals surface area contributed by atoms with E-state index in [0.29, 0.717) is 6.54 Å². The number of benzene rings is 1. The molecule has 5 nitrogen and oxygen atoms in total. The Morgan fingerprint density at radius 1 is 1.26 bits per heavy atom.